The van der Waals surface area contributed by atoms with Crippen molar-refractivity contribution in [3.8, 4) is 0 Å². The summed E-state index contributed by atoms with van der Waals surface area (Å²) >= 11 is 0. The van der Waals surface area contributed by atoms with Crippen LogP contribution in [0.1, 0.15) is 59.3 Å². The predicted molar refractivity (Wildman–Crippen MR) is 76.0 cm³/mol. The summed E-state index contributed by atoms with van der Waals surface area (Å²) < 4.78 is 11.1. The molecule has 0 aromatic heterocycles. The van der Waals surface area contributed by atoms with Gasteiger partial charge in [-0.2, -0.15) is 0 Å². The summed E-state index contributed by atoms with van der Waals surface area (Å²) in [5.41, 5.74) is -0.0497. The second-order valence-electron chi connectivity index (χ2n) is 6.22. The van der Waals surface area contributed by atoms with Gasteiger partial charge in [-0.15, -0.1) is 0 Å². The molecule has 1 N–H and O–H groups in total. The topological polar surface area (TPSA) is 30.5 Å². The zero-order chi connectivity index (χ0) is 13.3. The molecule has 0 radical (unpaired) electrons. The molecule has 1 saturated carbocycles. The highest BCUT2D eigenvalue weighted by molar-refractivity contribution is 4.71. The minimum Gasteiger partial charge on any atom is -0.379 e. The first kappa shape index (κ1) is 15.9. The van der Waals surface area contributed by atoms with Crippen LogP contribution in [0.15, 0.2) is 0 Å². The van der Waals surface area contributed by atoms with E-state index >= 15 is 0 Å². The van der Waals surface area contributed by atoms with Gasteiger partial charge in [0.2, 0.25) is 0 Å². The van der Waals surface area contributed by atoms with Gasteiger partial charge in [0.15, 0.2) is 0 Å². The molecular weight excluding hydrogens is 226 g/mol. The second-order valence-corrected chi connectivity index (χ2v) is 6.22. The SMILES string of the molecule is CC(C)(C)OCCOCCCNC1CCCCC1. The van der Waals surface area contributed by atoms with Gasteiger partial charge in [-0.3, -0.25) is 0 Å². The molecule has 0 unspecified atom stereocenters. The molecule has 18 heavy (non-hydrogen) atoms. The van der Waals surface area contributed by atoms with Crippen LogP contribution in [-0.4, -0.2) is 38.0 Å². The van der Waals surface area contributed by atoms with Crippen LogP contribution in [0.3, 0.4) is 0 Å². The van der Waals surface area contributed by atoms with Crippen LogP contribution in [0, 0.1) is 0 Å². The third kappa shape index (κ3) is 8.90. The van der Waals surface area contributed by atoms with Crippen molar-refractivity contribution in [3.05, 3.63) is 0 Å². The normalized spacial score (nSPS) is 18.2. The van der Waals surface area contributed by atoms with E-state index in [1.807, 2.05) is 0 Å². The average molecular weight is 257 g/mol. The lowest BCUT2D eigenvalue weighted by molar-refractivity contribution is -0.0350. The highest BCUT2D eigenvalue weighted by Gasteiger charge is 2.11. The maximum absolute atomic E-state index is 5.59. The van der Waals surface area contributed by atoms with Crippen molar-refractivity contribution in [2.75, 3.05) is 26.4 Å². The van der Waals surface area contributed by atoms with Crippen molar-refractivity contribution in [1.29, 1.82) is 0 Å². The minimum absolute atomic E-state index is 0.0497. The van der Waals surface area contributed by atoms with Crippen LogP contribution >= 0.6 is 0 Å². The van der Waals surface area contributed by atoms with Crippen LogP contribution in [0.4, 0.5) is 0 Å². The molecule has 0 atom stereocenters. The Morgan fingerprint density at radius 3 is 2.39 bits per heavy atom. The van der Waals surface area contributed by atoms with Gasteiger partial charge < -0.3 is 14.8 Å². The summed E-state index contributed by atoms with van der Waals surface area (Å²) in [5.74, 6) is 0. The lowest BCUT2D eigenvalue weighted by Gasteiger charge is -2.22. The molecule has 108 valence electrons. The smallest absolute Gasteiger partial charge is 0.0707 e. The van der Waals surface area contributed by atoms with Crippen LogP contribution in [0.2, 0.25) is 0 Å². The number of hydrogen-bond donors (Lipinski definition) is 1. The van der Waals surface area contributed by atoms with Crippen molar-refractivity contribution in [2.24, 2.45) is 0 Å². The number of hydrogen-bond acceptors (Lipinski definition) is 3. The van der Waals surface area contributed by atoms with Crippen LogP contribution < -0.4 is 5.32 Å². The lowest BCUT2D eigenvalue weighted by Crippen LogP contribution is -2.32. The second kappa shape index (κ2) is 8.89. The molecule has 1 rings (SSSR count). The third-order valence-corrected chi connectivity index (χ3v) is 3.27. The fraction of sp³-hybridized carbons (Fsp3) is 1.00. The first-order chi connectivity index (χ1) is 8.58. The summed E-state index contributed by atoms with van der Waals surface area (Å²) in [6.45, 7) is 9.54. The van der Waals surface area contributed by atoms with Gasteiger partial charge in [0, 0.05) is 12.6 Å². The Kier molecular flexibility index (Phi) is 7.87. The Labute approximate surface area is 113 Å². The Morgan fingerprint density at radius 1 is 1.00 bits per heavy atom. The minimum atomic E-state index is -0.0497. The maximum Gasteiger partial charge on any atom is 0.0707 e. The molecule has 0 aliphatic heterocycles. The molecule has 0 bridgehead atoms. The Bertz CT molecular complexity index is 195. The predicted octanol–water partition coefficient (Wildman–Crippen LogP) is 3.13. The zero-order valence-electron chi connectivity index (χ0n) is 12.5. The Hall–Kier alpha value is -0.120. The summed E-state index contributed by atoms with van der Waals surface area (Å²) in [6, 6.07) is 0.767. The zero-order valence-corrected chi connectivity index (χ0v) is 12.5. The largest absolute Gasteiger partial charge is 0.379 e. The number of rotatable bonds is 8. The van der Waals surface area contributed by atoms with Gasteiger partial charge in [-0.1, -0.05) is 19.3 Å². The average Bonchev–Trinajstić information content (AvgIpc) is 2.32. The standard InChI is InChI=1S/C15H31NO2/c1-15(2,3)18-13-12-17-11-7-10-16-14-8-5-4-6-9-14/h14,16H,4-13H2,1-3H3. The molecule has 0 saturated heterocycles. The van der Waals surface area contributed by atoms with Gasteiger partial charge >= 0.3 is 0 Å². The van der Waals surface area contributed by atoms with E-state index in [1.54, 1.807) is 0 Å². The lowest BCUT2D eigenvalue weighted by atomic mass is 9.95. The van der Waals surface area contributed by atoms with Crippen molar-refractivity contribution in [3.63, 3.8) is 0 Å². The fourth-order valence-corrected chi connectivity index (χ4v) is 2.30. The summed E-state index contributed by atoms with van der Waals surface area (Å²) in [7, 11) is 0. The first-order valence-corrected chi connectivity index (χ1v) is 7.53. The first-order valence-electron chi connectivity index (χ1n) is 7.53. The van der Waals surface area contributed by atoms with Crippen LogP contribution in [0.25, 0.3) is 0 Å². The molecular formula is C15H31NO2. The van der Waals surface area contributed by atoms with E-state index in [9.17, 15) is 0 Å². The number of ether oxygens (including phenoxy) is 2. The van der Waals surface area contributed by atoms with Gasteiger partial charge in [0.25, 0.3) is 0 Å². The van der Waals surface area contributed by atoms with Crippen molar-refractivity contribution >= 4 is 0 Å². The molecule has 1 aliphatic rings. The van der Waals surface area contributed by atoms with E-state index in [4.69, 9.17) is 9.47 Å². The van der Waals surface area contributed by atoms with Crippen molar-refractivity contribution in [2.45, 2.75) is 70.9 Å². The van der Waals surface area contributed by atoms with Crippen molar-refractivity contribution in [1.82, 2.24) is 5.32 Å². The molecule has 0 amide bonds. The van der Waals surface area contributed by atoms with Gasteiger partial charge in [0.05, 0.1) is 18.8 Å². The Balaban J connectivity index is 1.81. The number of nitrogens with one attached hydrogen (secondary N) is 1. The monoisotopic (exact) mass is 257 g/mol. The molecule has 3 nitrogen and oxygen atoms in total. The van der Waals surface area contributed by atoms with Crippen molar-refractivity contribution < 1.29 is 9.47 Å². The van der Waals surface area contributed by atoms with E-state index in [1.165, 1.54) is 32.1 Å². The summed E-state index contributed by atoms with van der Waals surface area (Å²) in [6.07, 6.45) is 8.05. The van der Waals surface area contributed by atoms with E-state index in [0.29, 0.717) is 13.2 Å². The van der Waals surface area contributed by atoms with E-state index in [0.717, 1.165) is 25.6 Å². The van der Waals surface area contributed by atoms with Crippen LogP contribution in [0.5, 0.6) is 0 Å². The summed E-state index contributed by atoms with van der Waals surface area (Å²) in [4.78, 5) is 0. The van der Waals surface area contributed by atoms with Gasteiger partial charge in [0.1, 0.15) is 0 Å². The molecule has 1 aliphatic carbocycles. The fourth-order valence-electron chi connectivity index (χ4n) is 2.30. The molecule has 3 heteroatoms. The molecule has 0 spiro atoms. The molecule has 0 aromatic rings. The van der Waals surface area contributed by atoms with E-state index in [-0.39, 0.29) is 5.60 Å². The van der Waals surface area contributed by atoms with E-state index < -0.39 is 0 Å². The highest BCUT2D eigenvalue weighted by Crippen LogP contribution is 2.17. The Morgan fingerprint density at radius 2 is 1.72 bits per heavy atom. The molecule has 1 fully saturated rings. The maximum atomic E-state index is 5.59. The summed E-state index contributed by atoms with van der Waals surface area (Å²) in [5, 5.41) is 3.63. The third-order valence-electron chi connectivity index (χ3n) is 3.27. The van der Waals surface area contributed by atoms with Crippen LogP contribution in [-0.2, 0) is 9.47 Å². The van der Waals surface area contributed by atoms with Gasteiger partial charge in [-0.05, 0) is 46.6 Å². The van der Waals surface area contributed by atoms with E-state index in [2.05, 4.69) is 26.1 Å². The highest BCUT2D eigenvalue weighted by atomic mass is 16.5. The molecule has 0 aromatic carbocycles. The van der Waals surface area contributed by atoms with Gasteiger partial charge in [-0.25, -0.2) is 0 Å². The quantitative estimate of drug-likeness (QED) is 0.678. The molecule has 0 heterocycles.